The molecule has 1 atom stereocenters. The van der Waals surface area contributed by atoms with E-state index in [-0.39, 0.29) is 11.4 Å². The van der Waals surface area contributed by atoms with Gasteiger partial charge in [0.05, 0.1) is 12.1 Å². The summed E-state index contributed by atoms with van der Waals surface area (Å²) in [7, 11) is 1.56. The van der Waals surface area contributed by atoms with E-state index in [4.69, 9.17) is 5.26 Å². The van der Waals surface area contributed by atoms with Gasteiger partial charge in [-0.3, -0.25) is 14.2 Å². The largest absolute Gasteiger partial charge is 0.411 e. The number of aryl methyl sites for hydroxylation is 1. The van der Waals surface area contributed by atoms with E-state index in [1.54, 1.807) is 14.0 Å². The molecule has 23 heavy (non-hydrogen) atoms. The lowest BCUT2D eigenvalue weighted by atomic mass is 10.2. The Hall–Kier alpha value is -2.83. The van der Waals surface area contributed by atoms with E-state index in [0.29, 0.717) is 10.4 Å². The summed E-state index contributed by atoms with van der Waals surface area (Å²) in [6.07, 6.45) is -3.17. The molecular formula is C13H13F3N6O. The maximum Gasteiger partial charge on any atom is 0.411 e. The molecule has 2 heterocycles. The molecule has 2 aromatic rings. The van der Waals surface area contributed by atoms with E-state index >= 15 is 0 Å². The number of nitrogens with one attached hydrogen (secondary N) is 1. The summed E-state index contributed by atoms with van der Waals surface area (Å²) in [5.41, 5.74) is 0.616. The molecule has 122 valence electrons. The van der Waals surface area contributed by atoms with Crippen molar-refractivity contribution in [3.8, 4) is 6.07 Å². The number of halogens is 3. The maximum atomic E-state index is 13.1. The molecule has 0 unspecified atom stereocenters. The Bertz CT molecular complexity index is 741. The number of carbonyl (C=O) groups is 1. The third-order valence-corrected chi connectivity index (χ3v) is 3.30. The summed E-state index contributed by atoms with van der Waals surface area (Å²) >= 11 is 0. The molecular weight excluding hydrogens is 313 g/mol. The third kappa shape index (κ3) is 3.50. The van der Waals surface area contributed by atoms with Gasteiger partial charge in [0.25, 0.3) is 0 Å². The first-order valence-corrected chi connectivity index (χ1v) is 6.53. The zero-order chi connectivity index (χ0) is 17.2. The van der Waals surface area contributed by atoms with Gasteiger partial charge in [-0.2, -0.15) is 28.6 Å². The van der Waals surface area contributed by atoms with Crippen molar-refractivity contribution in [2.24, 2.45) is 7.05 Å². The highest BCUT2D eigenvalue weighted by molar-refractivity contribution is 5.91. The van der Waals surface area contributed by atoms with Crippen molar-refractivity contribution in [1.82, 2.24) is 19.6 Å². The van der Waals surface area contributed by atoms with Crippen LogP contribution in [0.4, 0.5) is 19.0 Å². The van der Waals surface area contributed by atoms with E-state index < -0.39 is 24.5 Å². The predicted molar refractivity (Wildman–Crippen MR) is 73.2 cm³/mol. The van der Waals surface area contributed by atoms with Crippen LogP contribution >= 0.6 is 0 Å². The van der Waals surface area contributed by atoms with Gasteiger partial charge >= 0.3 is 6.18 Å². The van der Waals surface area contributed by atoms with Gasteiger partial charge in [0.1, 0.15) is 11.6 Å². The molecule has 0 aliphatic heterocycles. The van der Waals surface area contributed by atoms with E-state index in [1.807, 2.05) is 6.07 Å². The third-order valence-electron chi connectivity index (χ3n) is 3.30. The summed E-state index contributed by atoms with van der Waals surface area (Å²) in [4.78, 5) is 11.9. The summed E-state index contributed by atoms with van der Waals surface area (Å²) < 4.78 is 41.3. The quantitative estimate of drug-likeness (QED) is 0.930. The van der Waals surface area contributed by atoms with Crippen LogP contribution < -0.4 is 5.32 Å². The summed E-state index contributed by atoms with van der Waals surface area (Å²) in [6.45, 7) is 1.61. The van der Waals surface area contributed by atoms with Crippen LogP contribution in [0.3, 0.4) is 0 Å². The van der Waals surface area contributed by atoms with Crippen LogP contribution in [0.1, 0.15) is 23.7 Å². The number of nitrogens with zero attached hydrogens (tertiary/aromatic N) is 5. The second kappa shape index (κ2) is 6.12. The Morgan fingerprint density at radius 3 is 2.74 bits per heavy atom. The number of carbonyl (C=O) groups excluding carboxylic acids is 1. The van der Waals surface area contributed by atoms with Crippen LogP contribution in [-0.2, 0) is 11.8 Å². The van der Waals surface area contributed by atoms with E-state index in [2.05, 4.69) is 15.5 Å². The monoisotopic (exact) mass is 326 g/mol. The molecule has 0 aromatic carbocycles. The standard InChI is InChI=1S/C13H13F3N6O/c1-8-9(7-17)12(20-21(8)2)19-11(23)6-10(13(14,15)16)22-5-3-4-18-22/h3-5,10H,6H2,1-2H3,(H,19,20,23)/t10-/m0/s1. The van der Waals surface area contributed by atoms with Crippen LogP contribution in [0, 0.1) is 18.3 Å². The number of anilines is 1. The van der Waals surface area contributed by atoms with Crippen molar-refractivity contribution in [1.29, 1.82) is 5.26 Å². The topological polar surface area (TPSA) is 88.5 Å². The molecule has 0 saturated heterocycles. The second-order valence-electron chi connectivity index (χ2n) is 4.84. The minimum Gasteiger partial charge on any atom is -0.308 e. The number of aromatic nitrogens is 4. The highest BCUT2D eigenvalue weighted by Gasteiger charge is 2.42. The van der Waals surface area contributed by atoms with Crippen molar-refractivity contribution in [2.45, 2.75) is 25.6 Å². The van der Waals surface area contributed by atoms with Crippen molar-refractivity contribution in [3.63, 3.8) is 0 Å². The average Bonchev–Trinajstić information content (AvgIpc) is 3.05. The van der Waals surface area contributed by atoms with Crippen LogP contribution in [-0.4, -0.2) is 31.6 Å². The van der Waals surface area contributed by atoms with Gasteiger partial charge in [-0.05, 0) is 13.0 Å². The van der Waals surface area contributed by atoms with Gasteiger partial charge in [-0.1, -0.05) is 0 Å². The number of hydrogen-bond acceptors (Lipinski definition) is 4. The normalized spacial score (nSPS) is 12.7. The highest BCUT2D eigenvalue weighted by atomic mass is 19.4. The number of nitriles is 1. The number of alkyl halides is 3. The SMILES string of the molecule is Cc1c(C#N)c(NC(=O)C[C@H](n2cccn2)C(F)(F)F)nn1C. The number of hydrogen-bond donors (Lipinski definition) is 1. The Morgan fingerprint density at radius 1 is 1.52 bits per heavy atom. The molecule has 0 radical (unpaired) electrons. The summed E-state index contributed by atoms with van der Waals surface area (Å²) in [5.74, 6) is -0.962. The molecule has 0 aliphatic rings. The minimum absolute atomic E-state index is 0.0566. The zero-order valence-electron chi connectivity index (χ0n) is 12.3. The molecule has 2 rings (SSSR count). The fourth-order valence-corrected chi connectivity index (χ4v) is 2.01. The van der Waals surface area contributed by atoms with E-state index in [0.717, 1.165) is 6.20 Å². The van der Waals surface area contributed by atoms with Crippen LogP contribution in [0.15, 0.2) is 18.5 Å². The first-order valence-electron chi connectivity index (χ1n) is 6.53. The van der Waals surface area contributed by atoms with Crippen molar-refractivity contribution in [3.05, 3.63) is 29.7 Å². The van der Waals surface area contributed by atoms with Crippen molar-refractivity contribution >= 4 is 11.7 Å². The lowest BCUT2D eigenvalue weighted by Gasteiger charge is -2.20. The first-order chi connectivity index (χ1) is 10.7. The molecule has 1 amide bonds. The van der Waals surface area contributed by atoms with Crippen LogP contribution in [0.5, 0.6) is 0 Å². The van der Waals surface area contributed by atoms with Gasteiger partial charge in [0.2, 0.25) is 5.91 Å². The molecule has 2 aromatic heterocycles. The average molecular weight is 326 g/mol. The van der Waals surface area contributed by atoms with Gasteiger partial charge in [0, 0.05) is 19.4 Å². The molecule has 0 saturated carbocycles. The van der Waals surface area contributed by atoms with Gasteiger partial charge in [-0.25, -0.2) is 0 Å². The molecule has 0 bridgehead atoms. The highest BCUT2D eigenvalue weighted by Crippen LogP contribution is 2.33. The molecule has 0 fully saturated rings. The summed E-state index contributed by atoms with van der Waals surface area (Å²) in [5, 5.41) is 18.7. The number of rotatable bonds is 4. The van der Waals surface area contributed by atoms with Crippen molar-refractivity contribution < 1.29 is 18.0 Å². The maximum absolute atomic E-state index is 13.1. The Balaban J connectivity index is 2.18. The lowest BCUT2D eigenvalue weighted by molar-refractivity contribution is -0.174. The Labute approximate surface area is 129 Å². The predicted octanol–water partition coefficient (Wildman–Crippen LogP) is 1.93. The molecule has 10 heteroatoms. The van der Waals surface area contributed by atoms with Crippen LogP contribution in [0.2, 0.25) is 0 Å². The second-order valence-corrected chi connectivity index (χ2v) is 4.84. The molecule has 7 nitrogen and oxygen atoms in total. The lowest BCUT2D eigenvalue weighted by Crippen LogP contribution is -2.31. The smallest absolute Gasteiger partial charge is 0.308 e. The van der Waals surface area contributed by atoms with Gasteiger partial charge < -0.3 is 5.32 Å². The van der Waals surface area contributed by atoms with Gasteiger partial charge in [0.15, 0.2) is 11.9 Å². The molecule has 0 aliphatic carbocycles. The molecule has 0 spiro atoms. The fourth-order valence-electron chi connectivity index (χ4n) is 2.01. The minimum atomic E-state index is -4.64. The van der Waals surface area contributed by atoms with E-state index in [1.165, 1.54) is 16.9 Å². The van der Waals surface area contributed by atoms with Crippen molar-refractivity contribution in [2.75, 3.05) is 5.32 Å². The Kier molecular flexibility index (Phi) is 4.40. The molecule has 1 N–H and O–H groups in total. The first kappa shape index (κ1) is 16.5. The van der Waals surface area contributed by atoms with E-state index in [9.17, 15) is 18.0 Å². The Morgan fingerprint density at radius 2 is 2.22 bits per heavy atom. The zero-order valence-corrected chi connectivity index (χ0v) is 12.3. The summed E-state index contributed by atoms with van der Waals surface area (Å²) in [6, 6.07) is 1.11. The van der Waals surface area contributed by atoms with Crippen LogP contribution in [0.25, 0.3) is 0 Å². The number of amides is 1. The fraction of sp³-hybridized carbons (Fsp3) is 0.385. The van der Waals surface area contributed by atoms with Gasteiger partial charge in [-0.15, -0.1) is 0 Å².